The first-order chi connectivity index (χ1) is 8.16. The van der Waals surface area contributed by atoms with Crippen LogP contribution in [0.1, 0.15) is 32.4 Å². The molecule has 1 heterocycles. The topological polar surface area (TPSA) is 18.5 Å². The highest BCUT2D eigenvalue weighted by atomic mass is 16.6. The Bertz CT molecular complexity index is 339. The van der Waals surface area contributed by atoms with E-state index < -0.39 is 0 Å². The maximum atomic E-state index is 6.07. The summed E-state index contributed by atoms with van der Waals surface area (Å²) < 4.78 is 11.8. The summed E-state index contributed by atoms with van der Waals surface area (Å²) >= 11 is 0. The minimum absolute atomic E-state index is 0.0450. The van der Waals surface area contributed by atoms with Crippen LogP contribution < -0.4 is 0 Å². The van der Waals surface area contributed by atoms with Crippen molar-refractivity contribution in [2.24, 2.45) is 11.8 Å². The second-order valence-corrected chi connectivity index (χ2v) is 5.34. The first-order valence-electron chi connectivity index (χ1n) is 6.49. The fraction of sp³-hybridized carbons (Fsp3) is 0.571. The summed E-state index contributed by atoms with van der Waals surface area (Å²) in [5.41, 5.74) is 1.26. The molecule has 1 aromatic carbocycles. The zero-order valence-electron chi connectivity index (χ0n) is 10.9. The third-order valence-electron chi connectivity index (χ3n) is 3.15. The maximum absolute atomic E-state index is 6.07. The Balaban J connectivity index is 2.05. The van der Waals surface area contributed by atoms with E-state index >= 15 is 0 Å². The molecule has 17 heavy (non-hydrogen) atoms. The van der Waals surface area contributed by atoms with Gasteiger partial charge in [-0.05, 0) is 17.8 Å². The molecule has 1 aliphatic rings. The van der Waals surface area contributed by atoms with Crippen LogP contribution in [-0.2, 0) is 9.31 Å². The first kappa shape index (κ1) is 12.7. The van der Waals surface area contributed by atoms with Crippen molar-refractivity contribution >= 4 is 7.12 Å². The second kappa shape index (κ2) is 5.70. The lowest BCUT2D eigenvalue weighted by Crippen LogP contribution is -2.37. The van der Waals surface area contributed by atoms with Crippen LogP contribution in [0.15, 0.2) is 30.3 Å². The summed E-state index contributed by atoms with van der Waals surface area (Å²) in [4.78, 5) is 0. The molecule has 3 heteroatoms. The Labute approximate surface area is 104 Å². The molecule has 0 bridgehead atoms. The van der Waals surface area contributed by atoms with Crippen molar-refractivity contribution in [2.75, 3.05) is 6.61 Å². The summed E-state index contributed by atoms with van der Waals surface area (Å²) in [7, 11) is -0.0450. The predicted molar refractivity (Wildman–Crippen MR) is 70.8 cm³/mol. The van der Waals surface area contributed by atoms with E-state index in [2.05, 4.69) is 45.0 Å². The van der Waals surface area contributed by atoms with Gasteiger partial charge in [0, 0.05) is 12.5 Å². The predicted octanol–water partition coefficient (Wildman–Crippen LogP) is 3.55. The van der Waals surface area contributed by atoms with Gasteiger partial charge in [0.25, 0.3) is 0 Å². The van der Waals surface area contributed by atoms with Crippen LogP contribution in [0.2, 0.25) is 6.32 Å². The van der Waals surface area contributed by atoms with Crippen molar-refractivity contribution in [2.45, 2.75) is 33.2 Å². The average Bonchev–Trinajstić information content (AvgIpc) is 2.32. The van der Waals surface area contributed by atoms with Gasteiger partial charge >= 0.3 is 7.12 Å². The van der Waals surface area contributed by atoms with Crippen molar-refractivity contribution in [1.29, 1.82) is 0 Å². The lowest BCUT2D eigenvalue weighted by molar-refractivity contribution is 0.0178. The Morgan fingerprint density at radius 3 is 2.65 bits per heavy atom. The minimum atomic E-state index is -0.0450. The van der Waals surface area contributed by atoms with E-state index in [-0.39, 0.29) is 13.2 Å². The van der Waals surface area contributed by atoms with Crippen LogP contribution >= 0.6 is 0 Å². The van der Waals surface area contributed by atoms with Crippen molar-refractivity contribution in [3.05, 3.63) is 35.9 Å². The molecule has 2 rings (SSSR count). The Morgan fingerprint density at radius 2 is 2.00 bits per heavy atom. The van der Waals surface area contributed by atoms with E-state index in [1.165, 1.54) is 5.56 Å². The van der Waals surface area contributed by atoms with Crippen molar-refractivity contribution in [1.82, 2.24) is 0 Å². The molecule has 0 aliphatic carbocycles. The maximum Gasteiger partial charge on any atom is 0.457 e. The Hall–Kier alpha value is -0.795. The molecular weight excluding hydrogens is 211 g/mol. The molecular formula is C14H21BO2. The zero-order chi connectivity index (χ0) is 12.3. The Kier molecular flexibility index (Phi) is 4.24. The lowest BCUT2D eigenvalue weighted by atomic mass is 9.75. The summed E-state index contributed by atoms with van der Waals surface area (Å²) in [5, 5.41) is 0. The summed E-state index contributed by atoms with van der Waals surface area (Å²) in [6.45, 7) is 7.37. The molecule has 1 fully saturated rings. The lowest BCUT2D eigenvalue weighted by Gasteiger charge is -2.34. The monoisotopic (exact) mass is 232 g/mol. The quantitative estimate of drug-likeness (QED) is 0.742. The molecule has 1 aromatic rings. The molecule has 0 amide bonds. The summed E-state index contributed by atoms with van der Waals surface area (Å²) in [5.74, 6) is 1.02. The number of benzene rings is 1. The molecule has 2 nitrogen and oxygen atoms in total. The summed E-state index contributed by atoms with van der Waals surface area (Å²) in [6, 6.07) is 10.5. The fourth-order valence-electron chi connectivity index (χ4n) is 2.24. The highest BCUT2D eigenvalue weighted by molar-refractivity contribution is 6.44. The van der Waals surface area contributed by atoms with E-state index in [1.807, 2.05) is 6.07 Å². The molecule has 1 saturated heterocycles. The number of hydrogen-bond donors (Lipinski definition) is 0. The van der Waals surface area contributed by atoms with E-state index in [4.69, 9.17) is 9.31 Å². The minimum Gasteiger partial charge on any atom is -0.411 e. The van der Waals surface area contributed by atoms with Crippen LogP contribution in [0.3, 0.4) is 0 Å². The molecule has 2 atom stereocenters. The molecule has 92 valence electrons. The Morgan fingerprint density at radius 1 is 1.29 bits per heavy atom. The smallest absolute Gasteiger partial charge is 0.411 e. The van der Waals surface area contributed by atoms with Gasteiger partial charge in [0.2, 0.25) is 0 Å². The van der Waals surface area contributed by atoms with Crippen LogP contribution in [0.4, 0.5) is 0 Å². The zero-order valence-corrected chi connectivity index (χ0v) is 10.9. The van der Waals surface area contributed by atoms with Crippen LogP contribution in [0.25, 0.3) is 0 Å². The van der Waals surface area contributed by atoms with Gasteiger partial charge < -0.3 is 9.31 Å². The third kappa shape index (κ3) is 3.33. The first-order valence-corrected chi connectivity index (χ1v) is 6.49. The van der Waals surface area contributed by atoms with Crippen molar-refractivity contribution in [3.63, 3.8) is 0 Å². The van der Waals surface area contributed by atoms with Crippen molar-refractivity contribution < 1.29 is 9.31 Å². The fourth-order valence-corrected chi connectivity index (χ4v) is 2.24. The van der Waals surface area contributed by atoms with E-state index in [0.717, 1.165) is 12.9 Å². The summed E-state index contributed by atoms with van der Waals surface area (Å²) in [6.07, 6.45) is 1.14. The molecule has 0 N–H and O–H groups in total. The highest BCUT2D eigenvalue weighted by Crippen LogP contribution is 2.32. The van der Waals surface area contributed by atoms with Crippen molar-refractivity contribution in [3.8, 4) is 0 Å². The molecule has 0 radical (unpaired) electrons. The molecule has 2 unspecified atom stereocenters. The van der Waals surface area contributed by atoms with Gasteiger partial charge in [-0.15, -0.1) is 0 Å². The van der Waals surface area contributed by atoms with Gasteiger partial charge in [-0.2, -0.15) is 0 Å². The molecule has 0 aromatic heterocycles. The molecule has 0 spiro atoms. The van der Waals surface area contributed by atoms with E-state index in [1.54, 1.807) is 0 Å². The average molecular weight is 232 g/mol. The SMILES string of the molecule is CC(C)CB1OCC(C)C(c2ccccc2)O1. The highest BCUT2D eigenvalue weighted by Gasteiger charge is 2.33. The van der Waals surface area contributed by atoms with Gasteiger partial charge in [0.05, 0.1) is 6.10 Å². The van der Waals surface area contributed by atoms with Crippen LogP contribution in [0.5, 0.6) is 0 Å². The second-order valence-electron chi connectivity index (χ2n) is 5.34. The van der Waals surface area contributed by atoms with Gasteiger partial charge in [-0.25, -0.2) is 0 Å². The van der Waals surface area contributed by atoms with Gasteiger partial charge in [-0.1, -0.05) is 51.1 Å². The van der Waals surface area contributed by atoms with Gasteiger partial charge in [0.15, 0.2) is 0 Å². The normalized spacial score (nSPS) is 25.3. The number of hydrogen-bond acceptors (Lipinski definition) is 2. The number of rotatable bonds is 3. The molecule has 1 aliphatic heterocycles. The van der Waals surface area contributed by atoms with Gasteiger partial charge in [-0.3, -0.25) is 0 Å². The van der Waals surface area contributed by atoms with Gasteiger partial charge in [0.1, 0.15) is 0 Å². The van der Waals surface area contributed by atoms with Crippen LogP contribution in [-0.4, -0.2) is 13.7 Å². The van der Waals surface area contributed by atoms with E-state index in [0.29, 0.717) is 11.8 Å². The van der Waals surface area contributed by atoms with Crippen LogP contribution in [0, 0.1) is 11.8 Å². The third-order valence-corrected chi connectivity index (χ3v) is 3.15. The molecule has 0 saturated carbocycles. The largest absolute Gasteiger partial charge is 0.457 e. The van der Waals surface area contributed by atoms with E-state index in [9.17, 15) is 0 Å². The standard InChI is InChI=1S/C14H21BO2/c1-11(2)9-15-16-10-12(3)14(17-15)13-7-5-4-6-8-13/h4-8,11-12,14H,9-10H2,1-3H3.